The van der Waals surface area contributed by atoms with Crippen LogP contribution < -0.4 is 16.2 Å². The third kappa shape index (κ3) is 3.46. The summed E-state index contributed by atoms with van der Waals surface area (Å²) in [6, 6.07) is 6.32. The van der Waals surface area contributed by atoms with Crippen molar-refractivity contribution < 1.29 is 4.79 Å². The first kappa shape index (κ1) is 15.0. The fraction of sp³-hybridized carbons (Fsp3) is 0.143. The molecule has 0 radical (unpaired) electrons. The van der Waals surface area contributed by atoms with Gasteiger partial charge < -0.3 is 0 Å². The average Bonchev–Trinajstić information content (AvgIpc) is 3.07. The Morgan fingerprint density at radius 1 is 1.26 bits per heavy atom. The second kappa shape index (κ2) is 6.05. The summed E-state index contributed by atoms with van der Waals surface area (Å²) < 4.78 is 1.39. The number of hydrogen-bond donors (Lipinski definition) is 3. The van der Waals surface area contributed by atoms with Crippen LogP contribution in [-0.2, 0) is 0 Å². The Morgan fingerprint density at radius 2 is 2.09 bits per heavy atom. The SMILES string of the molecule is Cc1cc(=O)[nH]c(-n2nc(C)cc2NC(=O)Nc2cccs2)n1. The van der Waals surface area contributed by atoms with E-state index in [2.05, 4.69) is 25.7 Å². The van der Waals surface area contributed by atoms with Gasteiger partial charge in [0.1, 0.15) is 5.82 Å². The van der Waals surface area contributed by atoms with Crippen LogP contribution in [0.4, 0.5) is 15.6 Å². The third-order valence-electron chi connectivity index (χ3n) is 2.89. The number of amides is 2. The van der Waals surface area contributed by atoms with Crippen molar-refractivity contribution in [1.29, 1.82) is 0 Å². The molecule has 0 spiro atoms. The number of anilines is 2. The van der Waals surface area contributed by atoms with Crippen LogP contribution in [0.25, 0.3) is 5.95 Å². The highest BCUT2D eigenvalue weighted by molar-refractivity contribution is 7.14. The van der Waals surface area contributed by atoms with Gasteiger partial charge >= 0.3 is 6.03 Å². The van der Waals surface area contributed by atoms with Crippen LogP contribution in [0.2, 0.25) is 0 Å². The van der Waals surface area contributed by atoms with Gasteiger partial charge in [0.2, 0.25) is 5.95 Å². The fourth-order valence-corrected chi connectivity index (χ4v) is 2.64. The molecule has 8 nitrogen and oxygen atoms in total. The highest BCUT2D eigenvalue weighted by Crippen LogP contribution is 2.17. The van der Waals surface area contributed by atoms with Crippen LogP contribution in [0.5, 0.6) is 0 Å². The zero-order valence-corrected chi connectivity index (χ0v) is 13.3. The van der Waals surface area contributed by atoms with Crippen molar-refractivity contribution in [2.75, 3.05) is 10.6 Å². The zero-order valence-electron chi connectivity index (χ0n) is 12.5. The minimum absolute atomic E-state index is 0.245. The molecule has 3 N–H and O–H groups in total. The number of rotatable bonds is 3. The van der Waals surface area contributed by atoms with Crippen LogP contribution >= 0.6 is 11.3 Å². The lowest BCUT2D eigenvalue weighted by Gasteiger charge is -2.08. The number of carbonyl (C=O) groups excluding carboxylic acids is 1. The number of hydrogen-bond acceptors (Lipinski definition) is 5. The minimum atomic E-state index is -0.399. The first-order valence-corrected chi connectivity index (χ1v) is 7.66. The van der Waals surface area contributed by atoms with Gasteiger partial charge in [-0.1, -0.05) is 0 Å². The maximum absolute atomic E-state index is 12.1. The van der Waals surface area contributed by atoms with E-state index in [1.807, 2.05) is 11.4 Å². The van der Waals surface area contributed by atoms with Gasteiger partial charge in [-0.05, 0) is 31.4 Å². The molecule has 0 saturated carbocycles. The van der Waals surface area contributed by atoms with E-state index in [-0.39, 0.29) is 11.5 Å². The molecule has 0 fully saturated rings. The molecule has 3 aromatic heterocycles. The van der Waals surface area contributed by atoms with E-state index in [0.29, 0.717) is 17.2 Å². The summed E-state index contributed by atoms with van der Waals surface area (Å²) in [5, 5.41) is 12.3. The highest BCUT2D eigenvalue weighted by atomic mass is 32.1. The number of aromatic amines is 1. The van der Waals surface area contributed by atoms with Crippen molar-refractivity contribution in [3.63, 3.8) is 0 Å². The Bertz CT molecular complexity index is 896. The number of aromatic nitrogens is 4. The molecular formula is C14H14N6O2S. The lowest BCUT2D eigenvalue weighted by Crippen LogP contribution is -2.22. The van der Waals surface area contributed by atoms with Gasteiger partial charge in [0.15, 0.2) is 0 Å². The van der Waals surface area contributed by atoms with Gasteiger partial charge in [-0.3, -0.25) is 20.4 Å². The van der Waals surface area contributed by atoms with Crippen molar-refractivity contribution in [3.8, 4) is 5.95 Å². The normalized spacial score (nSPS) is 10.5. The van der Waals surface area contributed by atoms with Crippen molar-refractivity contribution >= 4 is 28.2 Å². The number of H-pyrrole nitrogens is 1. The fourth-order valence-electron chi connectivity index (χ4n) is 2.02. The molecule has 9 heteroatoms. The van der Waals surface area contributed by atoms with Crippen LogP contribution in [0.1, 0.15) is 11.4 Å². The third-order valence-corrected chi connectivity index (χ3v) is 3.67. The lowest BCUT2D eigenvalue weighted by molar-refractivity contribution is 0.262. The Balaban J connectivity index is 1.88. The van der Waals surface area contributed by atoms with Gasteiger partial charge in [0.25, 0.3) is 5.56 Å². The molecule has 3 rings (SSSR count). The molecule has 0 unspecified atom stereocenters. The molecule has 3 aromatic rings. The highest BCUT2D eigenvalue weighted by Gasteiger charge is 2.13. The summed E-state index contributed by atoms with van der Waals surface area (Å²) >= 11 is 1.42. The summed E-state index contributed by atoms with van der Waals surface area (Å²) in [5.41, 5.74) is 0.959. The molecule has 0 aromatic carbocycles. The second-order valence-electron chi connectivity index (χ2n) is 4.85. The van der Waals surface area contributed by atoms with Gasteiger partial charge in [0.05, 0.1) is 10.7 Å². The van der Waals surface area contributed by atoms with Crippen molar-refractivity contribution in [2.45, 2.75) is 13.8 Å². The molecule has 0 atom stereocenters. The predicted octanol–water partition coefficient (Wildman–Crippen LogP) is 2.28. The zero-order chi connectivity index (χ0) is 16.4. The topological polar surface area (TPSA) is 105 Å². The predicted molar refractivity (Wildman–Crippen MR) is 88.4 cm³/mol. The first-order chi connectivity index (χ1) is 11.0. The number of urea groups is 1. The molecule has 0 bridgehead atoms. The van der Waals surface area contributed by atoms with Gasteiger partial charge in [-0.15, -0.1) is 11.3 Å². The summed E-state index contributed by atoms with van der Waals surface area (Å²) in [7, 11) is 0. The maximum atomic E-state index is 12.1. The van der Waals surface area contributed by atoms with E-state index < -0.39 is 6.03 Å². The number of nitrogens with one attached hydrogen (secondary N) is 3. The number of aryl methyl sites for hydroxylation is 2. The molecule has 0 saturated heterocycles. The Kier molecular flexibility index (Phi) is 3.94. The molecular weight excluding hydrogens is 316 g/mol. The van der Waals surface area contributed by atoms with Crippen LogP contribution in [0, 0.1) is 13.8 Å². The van der Waals surface area contributed by atoms with Gasteiger partial charge in [-0.25, -0.2) is 9.78 Å². The molecule has 23 heavy (non-hydrogen) atoms. The monoisotopic (exact) mass is 330 g/mol. The van der Waals surface area contributed by atoms with Crippen molar-refractivity contribution in [2.24, 2.45) is 0 Å². The summed E-state index contributed by atoms with van der Waals surface area (Å²) in [4.78, 5) is 30.5. The summed E-state index contributed by atoms with van der Waals surface area (Å²) in [5.74, 6) is 0.653. The summed E-state index contributed by atoms with van der Waals surface area (Å²) in [6.07, 6.45) is 0. The maximum Gasteiger partial charge on any atom is 0.325 e. The van der Waals surface area contributed by atoms with E-state index in [0.717, 1.165) is 5.00 Å². The summed E-state index contributed by atoms with van der Waals surface area (Å²) in [6.45, 7) is 3.50. The quantitative estimate of drug-likeness (QED) is 0.685. The molecule has 0 aliphatic rings. The average molecular weight is 330 g/mol. The molecule has 3 heterocycles. The van der Waals surface area contributed by atoms with Crippen LogP contribution in [0.3, 0.4) is 0 Å². The smallest absolute Gasteiger partial charge is 0.299 e. The number of carbonyl (C=O) groups is 1. The van der Waals surface area contributed by atoms with E-state index in [9.17, 15) is 9.59 Å². The van der Waals surface area contributed by atoms with Crippen molar-refractivity contribution in [1.82, 2.24) is 19.7 Å². The van der Waals surface area contributed by atoms with E-state index in [4.69, 9.17) is 0 Å². The second-order valence-corrected chi connectivity index (χ2v) is 5.80. The van der Waals surface area contributed by atoms with Gasteiger partial charge in [-0.2, -0.15) is 9.78 Å². The number of thiophene rings is 1. The minimum Gasteiger partial charge on any atom is -0.299 e. The molecule has 0 aliphatic carbocycles. The Labute approximate surface area is 135 Å². The van der Waals surface area contributed by atoms with Crippen LogP contribution in [-0.4, -0.2) is 25.8 Å². The molecule has 118 valence electrons. The van der Waals surface area contributed by atoms with Gasteiger partial charge in [0, 0.05) is 17.8 Å². The van der Waals surface area contributed by atoms with Crippen molar-refractivity contribution in [3.05, 3.63) is 51.4 Å². The first-order valence-electron chi connectivity index (χ1n) is 6.78. The molecule has 2 amide bonds. The Hall–Kier alpha value is -2.94. The van der Waals surface area contributed by atoms with Crippen LogP contribution in [0.15, 0.2) is 34.4 Å². The lowest BCUT2D eigenvalue weighted by atomic mass is 10.4. The largest absolute Gasteiger partial charge is 0.325 e. The van der Waals surface area contributed by atoms with E-state index in [1.165, 1.54) is 22.1 Å². The van der Waals surface area contributed by atoms with E-state index in [1.54, 1.807) is 26.0 Å². The number of nitrogens with zero attached hydrogens (tertiary/aromatic N) is 3. The standard InChI is InChI=1S/C14H14N6O2S/c1-8-7-11(21)17-13(15-8)20-10(6-9(2)19-20)16-14(22)18-12-4-3-5-23-12/h3-7H,1-2H3,(H,15,17,21)(H2,16,18,22). The molecule has 0 aliphatic heterocycles. The Morgan fingerprint density at radius 3 is 2.78 bits per heavy atom. The van der Waals surface area contributed by atoms with E-state index >= 15 is 0 Å².